The van der Waals surface area contributed by atoms with Crippen LogP contribution in [0, 0.1) is 5.92 Å². The molecule has 5 nitrogen and oxygen atoms in total. The van der Waals surface area contributed by atoms with Gasteiger partial charge >= 0.3 is 0 Å². The van der Waals surface area contributed by atoms with Crippen molar-refractivity contribution in [2.24, 2.45) is 5.92 Å². The molecule has 0 N–H and O–H groups in total. The predicted octanol–water partition coefficient (Wildman–Crippen LogP) is 4.98. The number of ether oxygens (including phenoxy) is 1. The average Bonchev–Trinajstić information content (AvgIpc) is 2.90. The molecule has 1 fully saturated rings. The Bertz CT molecular complexity index is 1030. The van der Waals surface area contributed by atoms with Gasteiger partial charge in [0.1, 0.15) is 5.75 Å². The first-order chi connectivity index (χ1) is 16.7. The Balaban J connectivity index is 1.38. The summed E-state index contributed by atoms with van der Waals surface area (Å²) in [4.78, 5) is 22.6. The van der Waals surface area contributed by atoms with Crippen LogP contribution in [0.25, 0.3) is 0 Å². The molecule has 3 aromatic rings. The molecule has 1 aliphatic rings. The summed E-state index contributed by atoms with van der Waals surface area (Å²) in [5.74, 6) is 1.03. The second-order valence-corrected chi connectivity index (χ2v) is 9.09. The standard InChI is InChI=1S/C29H35N3O2/c1-31(28(27-15-6-7-18-30-27)25-13-8-14-26(22-25)34-2)29(33)24-16-20-32(21-17-24)19-9-12-23-10-4-3-5-11-23/h3-8,10-11,13-15,18,22,24,28H,9,12,16-17,19-21H2,1-2H3. The lowest BCUT2D eigenvalue weighted by atomic mass is 9.93. The first-order valence-corrected chi connectivity index (χ1v) is 12.2. The Labute approximate surface area is 203 Å². The molecule has 0 saturated carbocycles. The largest absolute Gasteiger partial charge is 0.497 e. The van der Waals surface area contributed by atoms with Crippen molar-refractivity contribution < 1.29 is 9.53 Å². The average molecular weight is 458 g/mol. The number of rotatable bonds is 9. The van der Waals surface area contributed by atoms with E-state index < -0.39 is 0 Å². The number of methoxy groups -OCH3 is 1. The number of hydrogen-bond donors (Lipinski definition) is 0. The van der Waals surface area contributed by atoms with Crippen molar-refractivity contribution in [1.29, 1.82) is 0 Å². The molecule has 1 aliphatic heterocycles. The summed E-state index contributed by atoms with van der Waals surface area (Å²) in [5.41, 5.74) is 3.27. The number of benzene rings is 2. The monoisotopic (exact) mass is 457 g/mol. The number of piperidine rings is 1. The fraction of sp³-hybridized carbons (Fsp3) is 0.379. The molecule has 34 heavy (non-hydrogen) atoms. The second-order valence-electron chi connectivity index (χ2n) is 9.09. The van der Waals surface area contributed by atoms with Crippen molar-refractivity contribution in [2.45, 2.75) is 31.7 Å². The third-order valence-corrected chi connectivity index (χ3v) is 6.83. The van der Waals surface area contributed by atoms with Crippen molar-refractivity contribution in [1.82, 2.24) is 14.8 Å². The summed E-state index contributed by atoms with van der Waals surface area (Å²) in [6.45, 7) is 3.05. The minimum absolute atomic E-state index is 0.0483. The van der Waals surface area contributed by atoms with Crippen LogP contribution in [0.15, 0.2) is 79.0 Å². The van der Waals surface area contributed by atoms with E-state index in [1.54, 1.807) is 13.3 Å². The van der Waals surface area contributed by atoms with Gasteiger partial charge in [-0.25, -0.2) is 0 Å². The lowest BCUT2D eigenvalue weighted by molar-refractivity contribution is -0.137. The molecule has 178 valence electrons. The van der Waals surface area contributed by atoms with Crippen LogP contribution in [0.5, 0.6) is 5.75 Å². The van der Waals surface area contributed by atoms with Gasteiger partial charge in [-0.3, -0.25) is 9.78 Å². The molecule has 1 unspecified atom stereocenters. The first-order valence-electron chi connectivity index (χ1n) is 12.2. The van der Waals surface area contributed by atoms with E-state index in [1.807, 2.05) is 54.4 Å². The molecule has 1 saturated heterocycles. The quantitative estimate of drug-likeness (QED) is 0.455. The summed E-state index contributed by atoms with van der Waals surface area (Å²) in [5, 5.41) is 0. The van der Waals surface area contributed by atoms with Crippen LogP contribution in [-0.2, 0) is 11.2 Å². The minimum Gasteiger partial charge on any atom is -0.497 e. The Morgan fingerprint density at radius 2 is 1.82 bits per heavy atom. The number of aromatic nitrogens is 1. The van der Waals surface area contributed by atoms with Gasteiger partial charge in [-0.1, -0.05) is 48.5 Å². The molecule has 2 heterocycles. The van der Waals surface area contributed by atoms with Crippen molar-refractivity contribution in [2.75, 3.05) is 33.8 Å². The Hall–Kier alpha value is -3.18. The molecular formula is C29H35N3O2. The number of nitrogens with zero attached hydrogens (tertiary/aromatic N) is 3. The van der Waals surface area contributed by atoms with Crippen molar-refractivity contribution in [3.05, 3.63) is 95.8 Å². The summed E-state index contributed by atoms with van der Waals surface area (Å²) in [6.07, 6.45) is 5.85. The summed E-state index contributed by atoms with van der Waals surface area (Å²) in [7, 11) is 3.57. The number of aryl methyl sites for hydroxylation is 1. The topological polar surface area (TPSA) is 45.7 Å². The Morgan fingerprint density at radius 1 is 1.06 bits per heavy atom. The Morgan fingerprint density at radius 3 is 2.53 bits per heavy atom. The highest BCUT2D eigenvalue weighted by Gasteiger charge is 2.32. The zero-order valence-corrected chi connectivity index (χ0v) is 20.3. The number of amides is 1. The van der Waals surface area contributed by atoms with Gasteiger partial charge in [-0.05, 0) is 80.7 Å². The molecule has 1 atom stereocenters. The summed E-state index contributed by atoms with van der Waals surface area (Å²) in [6, 6.07) is 24.2. The highest BCUT2D eigenvalue weighted by Crippen LogP contribution is 2.31. The fourth-order valence-corrected chi connectivity index (χ4v) is 4.91. The van der Waals surface area contributed by atoms with Crippen LogP contribution in [0.4, 0.5) is 0 Å². The van der Waals surface area contributed by atoms with Gasteiger partial charge in [0.2, 0.25) is 5.91 Å². The molecule has 0 radical (unpaired) electrons. The Kier molecular flexibility index (Phi) is 8.31. The van der Waals surface area contributed by atoms with E-state index in [1.165, 1.54) is 5.56 Å². The molecule has 2 aromatic carbocycles. The smallest absolute Gasteiger partial charge is 0.226 e. The lowest BCUT2D eigenvalue weighted by Crippen LogP contribution is -2.43. The number of hydrogen-bond acceptors (Lipinski definition) is 4. The molecule has 0 bridgehead atoms. The minimum atomic E-state index is -0.243. The maximum Gasteiger partial charge on any atom is 0.226 e. The predicted molar refractivity (Wildman–Crippen MR) is 136 cm³/mol. The fourth-order valence-electron chi connectivity index (χ4n) is 4.91. The SMILES string of the molecule is COc1cccc(C(c2ccccn2)N(C)C(=O)C2CCN(CCCc3ccccc3)CC2)c1. The number of likely N-dealkylation sites (tertiary alicyclic amines) is 1. The van der Waals surface area contributed by atoms with Gasteiger partial charge in [0.25, 0.3) is 0 Å². The molecular weight excluding hydrogens is 422 g/mol. The maximum atomic E-state index is 13.6. The molecule has 1 aromatic heterocycles. The third-order valence-electron chi connectivity index (χ3n) is 6.83. The van der Waals surface area contributed by atoms with E-state index in [0.29, 0.717) is 0 Å². The van der Waals surface area contributed by atoms with Crippen molar-refractivity contribution in [3.63, 3.8) is 0 Å². The van der Waals surface area contributed by atoms with Gasteiger partial charge in [0.05, 0.1) is 18.8 Å². The van der Waals surface area contributed by atoms with Gasteiger partial charge in [0, 0.05) is 19.2 Å². The van der Waals surface area contributed by atoms with E-state index in [9.17, 15) is 4.79 Å². The third kappa shape index (κ3) is 6.03. The summed E-state index contributed by atoms with van der Waals surface area (Å²) < 4.78 is 5.44. The molecule has 5 heteroatoms. The number of carbonyl (C=O) groups is 1. The lowest BCUT2D eigenvalue weighted by Gasteiger charge is -2.36. The molecule has 0 aliphatic carbocycles. The van der Waals surface area contributed by atoms with E-state index in [2.05, 4.69) is 40.2 Å². The zero-order valence-electron chi connectivity index (χ0n) is 20.3. The van der Waals surface area contributed by atoms with Gasteiger partial charge in [0.15, 0.2) is 0 Å². The molecule has 1 amide bonds. The van der Waals surface area contributed by atoms with Crippen LogP contribution in [0.3, 0.4) is 0 Å². The van der Waals surface area contributed by atoms with E-state index >= 15 is 0 Å². The van der Waals surface area contributed by atoms with Gasteiger partial charge in [-0.15, -0.1) is 0 Å². The normalized spacial score (nSPS) is 15.6. The number of pyridine rings is 1. The van der Waals surface area contributed by atoms with Crippen LogP contribution in [0.2, 0.25) is 0 Å². The van der Waals surface area contributed by atoms with E-state index in [-0.39, 0.29) is 17.9 Å². The second kappa shape index (κ2) is 11.8. The molecule has 0 spiro atoms. The van der Waals surface area contributed by atoms with E-state index in [4.69, 9.17) is 4.74 Å². The highest BCUT2D eigenvalue weighted by molar-refractivity contribution is 5.79. The van der Waals surface area contributed by atoms with Gasteiger partial charge < -0.3 is 14.5 Å². The van der Waals surface area contributed by atoms with Crippen molar-refractivity contribution >= 4 is 5.91 Å². The maximum absolute atomic E-state index is 13.6. The highest BCUT2D eigenvalue weighted by atomic mass is 16.5. The molecule has 4 rings (SSSR count). The first kappa shape index (κ1) is 24.0. The number of carbonyl (C=O) groups excluding carboxylic acids is 1. The summed E-state index contributed by atoms with van der Waals surface area (Å²) >= 11 is 0. The van der Waals surface area contributed by atoms with Crippen LogP contribution in [-0.4, -0.2) is 54.5 Å². The van der Waals surface area contributed by atoms with Crippen LogP contribution in [0.1, 0.15) is 42.1 Å². The zero-order chi connectivity index (χ0) is 23.8. The van der Waals surface area contributed by atoms with Crippen LogP contribution >= 0.6 is 0 Å². The van der Waals surface area contributed by atoms with Crippen molar-refractivity contribution in [3.8, 4) is 5.75 Å². The van der Waals surface area contributed by atoms with Crippen LogP contribution < -0.4 is 4.74 Å². The van der Waals surface area contributed by atoms with Gasteiger partial charge in [-0.2, -0.15) is 0 Å². The van der Waals surface area contributed by atoms with E-state index in [0.717, 1.165) is 62.3 Å².